The number of aromatic nitrogens is 2. The van der Waals surface area contributed by atoms with Gasteiger partial charge < -0.3 is 25.0 Å². The third-order valence-electron chi connectivity index (χ3n) is 6.01. The van der Waals surface area contributed by atoms with E-state index >= 15 is 0 Å². The molecule has 2 aromatic rings. The normalized spacial score (nSPS) is 17.5. The third kappa shape index (κ3) is 4.33. The maximum atomic E-state index is 12.8. The number of amides is 1. The number of carbonyl (C=O) groups excluding carboxylic acids is 1. The zero-order valence-electron chi connectivity index (χ0n) is 17.6. The van der Waals surface area contributed by atoms with Crippen LogP contribution in [0.4, 0.5) is 11.8 Å². The number of halogens is 1. The van der Waals surface area contributed by atoms with Gasteiger partial charge in [-0.3, -0.25) is 4.79 Å². The summed E-state index contributed by atoms with van der Waals surface area (Å²) >= 11 is 0. The molecule has 1 amide bonds. The fourth-order valence-corrected chi connectivity index (χ4v) is 4.31. The number of anilines is 2. The molecule has 3 heterocycles. The smallest absolute Gasteiger partial charge is 0.227 e. The lowest BCUT2D eigenvalue weighted by Gasteiger charge is -2.35. The number of rotatable bonds is 4. The monoisotopic (exact) mass is 435 g/mol. The fraction of sp³-hybridized carbons (Fsp3) is 0.571. The van der Waals surface area contributed by atoms with Crippen LogP contribution >= 0.6 is 12.4 Å². The second-order valence-electron chi connectivity index (χ2n) is 7.78. The number of nitrogen functional groups attached to an aromatic ring is 1. The number of likely N-dealkylation sites (tertiary alicyclic amines) is 1. The molecule has 0 unspecified atom stereocenters. The van der Waals surface area contributed by atoms with E-state index in [2.05, 4.69) is 9.88 Å². The van der Waals surface area contributed by atoms with E-state index < -0.39 is 0 Å². The van der Waals surface area contributed by atoms with E-state index in [0.29, 0.717) is 29.2 Å². The zero-order valence-corrected chi connectivity index (χ0v) is 18.4. The number of methoxy groups -OCH3 is 2. The number of ether oxygens (including phenoxy) is 2. The zero-order chi connectivity index (χ0) is 20.4. The molecule has 2 saturated heterocycles. The van der Waals surface area contributed by atoms with Crippen molar-refractivity contribution in [1.82, 2.24) is 14.9 Å². The molecule has 2 N–H and O–H groups in total. The number of nitrogens with two attached hydrogens (primary N) is 1. The highest BCUT2D eigenvalue weighted by molar-refractivity contribution is 5.91. The van der Waals surface area contributed by atoms with Crippen molar-refractivity contribution < 1.29 is 14.3 Å². The summed E-state index contributed by atoms with van der Waals surface area (Å²) < 4.78 is 10.7. The number of piperidine rings is 2. The maximum absolute atomic E-state index is 12.8. The maximum Gasteiger partial charge on any atom is 0.227 e. The van der Waals surface area contributed by atoms with Gasteiger partial charge in [0.1, 0.15) is 5.82 Å². The first-order valence-electron chi connectivity index (χ1n) is 10.3. The Kier molecular flexibility index (Phi) is 7.07. The van der Waals surface area contributed by atoms with Crippen LogP contribution in [-0.4, -0.2) is 61.2 Å². The van der Waals surface area contributed by atoms with Crippen LogP contribution in [0.25, 0.3) is 10.9 Å². The molecule has 30 heavy (non-hydrogen) atoms. The molecular weight excluding hydrogens is 406 g/mol. The Labute approximate surface area is 183 Å². The van der Waals surface area contributed by atoms with Crippen LogP contribution in [0.15, 0.2) is 12.1 Å². The minimum absolute atomic E-state index is 0. The van der Waals surface area contributed by atoms with Crippen LogP contribution < -0.4 is 20.1 Å². The molecule has 2 fully saturated rings. The molecule has 0 spiro atoms. The van der Waals surface area contributed by atoms with Crippen molar-refractivity contribution in [3.05, 3.63) is 12.1 Å². The topological polar surface area (TPSA) is 93.8 Å². The van der Waals surface area contributed by atoms with Crippen LogP contribution in [0.2, 0.25) is 0 Å². The van der Waals surface area contributed by atoms with E-state index in [1.807, 2.05) is 11.0 Å². The van der Waals surface area contributed by atoms with Crippen molar-refractivity contribution in [2.45, 2.75) is 32.1 Å². The molecule has 1 aromatic heterocycles. The lowest BCUT2D eigenvalue weighted by Crippen LogP contribution is -2.44. The number of hydrogen-bond donors (Lipinski definition) is 1. The summed E-state index contributed by atoms with van der Waals surface area (Å²) in [6.45, 7) is 3.33. The molecule has 4 rings (SSSR count). The van der Waals surface area contributed by atoms with E-state index in [-0.39, 0.29) is 18.3 Å². The Bertz CT molecular complexity index is 896. The van der Waals surface area contributed by atoms with Crippen molar-refractivity contribution in [2.24, 2.45) is 5.92 Å². The molecule has 9 heteroatoms. The summed E-state index contributed by atoms with van der Waals surface area (Å²) in [6, 6.07) is 3.62. The standard InChI is InChI=1S/C21H29N5O3.ClH/c1-28-17-12-15-16(13-18(17)29-2)23-21(24-19(15)22)26-10-6-14(7-11-26)20(27)25-8-4-3-5-9-25;/h12-14H,3-11H2,1-2H3,(H2,22,23,24);1H. The average molecular weight is 436 g/mol. The lowest BCUT2D eigenvalue weighted by molar-refractivity contribution is -0.137. The number of carbonyl (C=O) groups is 1. The summed E-state index contributed by atoms with van der Waals surface area (Å²) in [5, 5.41) is 0.738. The van der Waals surface area contributed by atoms with Gasteiger partial charge in [0.05, 0.1) is 19.7 Å². The molecule has 2 aliphatic heterocycles. The first kappa shape index (κ1) is 22.2. The van der Waals surface area contributed by atoms with E-state index in [1.54, 1.807) is 20.3 Å². The average Bonchev–Trinajstić information content (AvgIpc) is 2.78. The summed E-state index contributed by atoms with van der Waals surface area (Å²) in [5.41, 5.74) is 6.94. The highest BCUT2D eigenvalue weighted by Crippen LogP contribution is 2.34. The van der Waals surface area contributed by atoms with E-state index in [0.717, 1.165) is 62.8 Å². The first-order chi connectivity index (χ1) is 14.1. The van der Waals surface area contributed by atoms with Crippen molar-refractivity contribution >= 4 is 41.0 Å². The summed E-state index contributed by atoms with van der Waals surface area (Å²) in [5.74, 6) is 2.64. The first-order valence-corrected chi connectivity index (χ1v) is 10.3. The van der Waals surface area contributed by atoms with Gasteiger partial charge in [-0.2, -0.15) is 4.98 Å². The molecule has 0 saturated carbocycles. The Morgan fingerprint density at radius 1 is 1.00 bits per heavy atom. The van der Waals surface area contributed by atoms with E-state index in [4.69, 9.17) is 20.2 Å². The Morgan fingerprint density at radius 2 is 1.63 bits per heavy atom. The van der Waals surface area contributed by atoms with E-state index in [9.17, 15) is 4.79 Å². The predicted molar refractivity (Wildman–Crippen MR) is 120 cm³/mol. The summed E-state index contributed by atoms with van der Waals surface area (Å²) in [6.07, 6.45) is 5.14. The van der Waals surface area contributed by atoms with Crippen LogP contribution in [0.5, 0.6) is 11.5 Å². The summed E-state index contributed by atoms with van der Waals surface area (Å²) in [7, 11) is 3.18. The van der Waals surface area contributed by atoms with Gasteiger partial charge in [-0.05, 0) is 38.2 Å². The van der Waals surface area contributed by atoms with Gasteiger partial charge in [-0.25, -0.2) is 4.98 Å². The Hall–Kier alpha value is -2.48. The van der Waals surface area contributed by atoms with Gasteiger partial charge in [0.25, 0.3) is 0 Å². The second kappa shape index (κ2) is 9.55. The van der Waals surface area contributed by atoms with E-state index in [1.165, 1.54) is 6.42 Å². The van der Waals surface area contributed by atoms with Crippen LogP contribution in [0, 0.1) is 5.92 Å². The number of hydrogen-bond acceptors (Lipinski definition) is 7. The van der Waals surface area contributed by atoms with Crippen LogP contribution in [-0.2, 0) is 4.79 Å². The molecule has 0 aliphatic carbocycles. The number of fused-ring (bicyclic) bond motifs is 1. The van der Waals surface area contributed by atoms with Gasteiger partial charge in [0.15, 0.2) is 11.5 Å². The van der Waals surface area contributed by atoms with Gasteiger partial charge in [-0.15, -0.1) is 12.4 Å². The summed E-state index contributed by atoms with van der Waals surface area (Å²) in [4.78, 5) is 26.2. The molecule has 0 radical (unpaired) electrons. The molecule has 2 aliphatic rings. The highest BCUT2D eigenvalue weighted by atomic mass is 35.5. The molecule has 0 atom stereocenters. The Morgan fingerprint density at radius 3 is 2.27 bits per heavy atom. The molecule has 8 nitrogen and oxygen atoms in total. The third-order valence-corrected chi connectivity index (χ3v) is 6.01. The van der Waals surface area contributed by atoms with Crippen LogP contribution in [0.3, 0.4) is 0 Å². The quantitative estimate of drug-likeness (QED) is 0.788. The largest absolute Gasteiger partial charge is 0.493 e. The van der Waals surface area contributed by atoms with Crippen molar-refractivity contribution in [2.75, 3.05) is 51.0 Å². The molecule has 1 aromatic carbocycles. The van der Waals surface area contributed by atoms with Gasteiger partial charge >= 0.3 is 0 Å². The number of benzene rings is 1. The number of nitrogens with zero attached hydrogens (tertiary/aromatic N) is 4. The van der Waals surface area contributed by atoms with Crippen molar-refractivity contribution in [3.63, 3.8) is 0 Å². The van der Waals surface area contributed by atoms with Crippen LogP contribution in [0.1, 0.15) is 32.1 Å². The SMILES string of the molecule is COc1cc2nc(N3CCC(C(=O)N4CCCCC4)CC3)nc(N)c2cc1OC.Cl. The second-order valence-corrected chi connectivity index (χ2v) is 7.78. The van der Waals surface area contributed by atoms with Crippen molar-refractivity contribution in [1.29, 1.82) is 0 Å². The lowest BCUT2D eigenvalue weighted by atomic mass is 9.94. The van der Waals surface area contributed by atoms with Gasteiger partial charge in [0, 0.05) is 43.5 Å². The fourth-order valence-electron chi connectivity index (χ4n) is 4.31. The van der Waals surface area contributed by atoms with Gasteiger partial charge in [0.2, 0.25) is 11.9 Å². The molecule has 0 bridgehead atoms. The molecular formula is C21H30ClN5O3. The van der Waals surface area contributed by atoms with Gasteiger partial charge in [-0.1, -0.05) is 0 Å². The minimum atomic E-state index is 0. The minimum Gasteiger partial charge on any atom is -0.493 e. The molecule has 164 valence electrons. The van der Waals surface area contributed by atoms with Crippen molar-refractivity contribution in [3.8, 4) is 11.5 Å². The highest BCUT2D eigenvalue weighted by Gasteiger charge is 2.30. The predicted octanol–water partition coefficient (Wildman–Crippen LogP) is 2.88. The Balaban J connectivity index is 0.00000256.